The minimum atomic E-state index is -4.09. The molecule has 0 unspecified atom stereocenters. The molecule has 0 aliphatic rings. The van der Waals surface area contributed by atoms with E-state index in [1.807, 2.05) is 0 Å². The van der Waals surface area contributed by atoms with Crippen LogP contribution < -0.4 is 9.46 Å². The maximum Gasteiger partial charge on any atom is 0.339 e. The molecule has 1 aromatic heterocycles. The zero-order valence-corrected chi connectivity index (χ0v) is 12.2. The summed E-state index contributed by atoms with van der Waals surface area (Å²) in [6, 6.07) is 2.22. The van der Waals surface area contributed by atoms with Crippen LogP contribution in [0.5, 0.6) is 5.75 Å². The number of hydrogen-bond acceptors (Lipinski definition) is 5. The van der Waals surface area contributed by atoms with Gasteiger partial charge in [-0.05, 0) is 12.1 Å². The molecule has 0 bridgehead atoms. The molecular weight excluding hydrogens is 322 g/mol. The van der Waals surface area contributed by atoms with Crippen LogP contribution >= 0.6 is 11.6 Å². The van der Waals surface area contributed by atoms with Crippen molar-refractivity contribution in [3.05, 3.63) is 35.1 Å². The van der Waals surface area contributed by atoms with Gasteiger partial charge in [0.15, 0.2) is 5.75 Å². The Morgan fingerprint density at radius 2 is 2.19 bits per heavy atom. The lowest BCUT2D eigenvalue weighted by Gasteiger charge is -2.13. The molecule has 21 heavy (non-hydrogen) atoms. The number of methoxy groups -OCH3 is 1. The van der Waals surface area contributed by atoms with Gasteiger partial charge in [-0.2, -0.15) is 5.10 Å². The number of carboxylic acid groups (broad SMARTS) is 1. The molecule has 2 rings (SSSR count). The SMILES string of the molecule is COc1c(C(=O)O)cc(Cl)cc1S(=O)(=O)Nc1cn[nH]c1. The van der Waals surface area contributed by atoms with E-state index in [0.717, 1.165) is 12.1 Å². The predicted octanol–water partition coefficient (Wildman–Crippen LogP) is 1.57. The number of sulfonamides is 1. The number of carboxylic acids is 1. The Balaban J connectivity index is 2.59. The Kier molecular flexibility index (Phi) is 4.05. The highest BCUT2D eigenvalue weighted by molar-refractivity contribution is 7.92. The van der Waals surface area contributed by atoms with Gasteiger partial charge in [-0.3, -0.25) is 9.82 Å². The minimum absolute atomic E-state index is 0.0410. The number of carbonyl (C=O) groups is 1. The molecule has 0 amide bonds. The Labute approximate surface area is 124 Å². The van der Waals surface area contributed by atoms with Gasteiger partial charge in [-0.1, -0.05) is 11.6 Å². The molecule has 0 aliphatic carbocycles. The van der Waals surface area contributed by atoms with Crippen LogP contribution in [0.15, 0.2) is 29.4 Å². The number of aromatic nitrogens is 2. The number of aromatic amines is 1. The van der Waals surface area contributed by atoms with Gasteiger partial charge < -0.3 is 9.84 Å². The summed E-state index contributed by atoms with van der Waals surface area (Å²) in [6.07, 6.45) is 2.58. The standard InChI is InChI=1S/C11H10ClN3O5S/c1-20-10-8(11(16)17)2-6(12)3-9(10)21(18,19)15-7-4-13-14-5-7/h2-5,15H,1H3,(H,13,14)(H,16,17). The van der Waals surface area contributed by atoms with Crippen molar-refractivity contribution in [2.24, 2.45) is 0 Å². The molecule has 112 valence electrons. The smallest absolute Gasteiger partial charge is 0.339 e. The molecule has 3 N–H and O–H groups in total. The summed E-state index contributed by atoms with van der Waals surface area (Å²) in [5, 5.41) is 15.1. The van der Waals surface area contributed by atoms with Crippen LogP contribution in [0, 0.1) is 0 Å². The number of anilines is 1. The second-order valence-electron chi connectivity index (χ2n) is 3.88. The molecule has 1 aromatic carbocycles. The zero-order valence-electron chi connectivity index (χ0n) is 10.6. The van der Waals surface area contributed by atoms with Gasteiger partial charge in [0.2, 0.25) is 0 Å². The number of hydrogen-bond donors (Lipinski definition) is 3. The van der Waals surface area contributed by atoms with Gasteiger partial charge in [-0.25, -0.2) is 13.2 Å². The number of nitrogens with zero attached hydrogens (tertiary/aromatic N) is 1. The van der Waals surface area contributed by atoms with E-state index in [4.69, 9.17) is 21.4 Å². The Morgan fingerprint density at radius 3 is 2.71 bits per heavy atom. The molecule has 8 nitrogen and oxygen atoms in total. The molecule has 2 aromatic rings. The number of rotatable bonds is 5. The molecule has 1 heterocycles. The van der Waals surface area contributed by atoms with Gasteiger partial charge in [-0.15, -0.1) is 0 Å². The number of ether oxygens (including phenoxy) is 1. The first-order chi connectivity index (χ1) is 9.85. The van der Waals surface area contributed by atoms with E-state index in [2.05, 4.69) is 14.9 Å². The van der Waals surface area contributed by atoms with E-state index in [-0.39, 0.29) is 26.9 Å². The molecule has 10 heteroatoms. The third-order valence-electron chi connectivity index (χ3n) is 2.49. The lowest BCUT2D eigenvalue weighted by molar-refractivity contribution is 0.0693. The van der Waals surface area contributed by atoms with E-state index in [9.17, 15) is 13.2 Å². The van der Waals surface area contributed by atoms with Gasteiger partial charge in [0.05, 0.1) is 19.0 Å². The summed E-state index contributed by atoms with van der Waals surface area (Å²) in [4.78, 5) is 10.8. The van der Waals surface area contributed by atoms with Crippen molar-refractivity contribution in [2.45, 2.75) is 4.90 Å². The predicted molar refractivity (Wildman–Crippen MR) is 74.4 cm³/mol. The summed E-state index contributed by atoms with van der Waals surface area (Å²) in [5.74, 6) is -1.66. The average Bonchev–Trinajstić information content (AvgIpc) is 2.89. The van der Waals surface area contributed by atoms with Crippen LogP contribution in [0.25, 0.3) is 0 Å². The molecule has 0 radical (unpaired) electrons. The first-order valence-corrected chi connectivity index (χ1v) is 7.33. The Hall–Kier alpha value is -2.26. The van der Waals surface area contributed by atoms with Crippen LogP contribution in [0.1, 0.15) is 10.4 Å². The van der Waals surface area contributed by atoms with E-state index in [1.165, 1.54) is 19.5 Å². The summed E-state index contributed by atoms with van der Waals surface area (Å²) in [5.41, 5.74) is -0.161. The Bertz CT molecular complexity index is 773. The highest BCUT2D eigenvalue weighted by atomic mass is 35.5. The third-order valence-corrected chi connectivity index (χ3v) is 4.10. The van der Waals surface area contributed by atoms with Crippen molar-refractivity contribution >= 4 is 33.3 Å². The van der Waals surface area contributed by atoms with Crippen LogP contribution in [0.4, 0.5) is 5.69 Å². The fourth-order valence-corrected chi connectivity index (χ4v) is 3.19. The number of benzene rings is 1. The van der Waals surface area contributed by atoms with Gasteiger partial charge >= 0.3 is 5.97 Å². The average molecular weight is 332 g/mol. The molecular formula is C11H10ClN3O5S. The van der Waals surface area contributed by atoms with Crippen molar-refractivity contribution in [2.75, 3.05) is 11.8 Å². The normalized spacial score (nSPS) is 11.1. The van der Waals surface area contributed by atoms with Crippen molar-refractivity contribution in [3.63, 3.8) is 0 Å². The molecule has 0 aliphatic heterocycles. The highest BCUT2D eigenvalue weighted by Gasteiger charge is 2.26. The number of aromatic carboxylic acids is 1. The summed E-state index contributed by atoms with van der Waals surface area (Å²) < 4.78 is 31.8. The molecule has 0 saturated heterocycles. The topological polar surface area (TPSA) is 121 Å². The molecule has 0 saturated carbocycles. The molecule has 0 atom stereocenters. The van der Waals surface area contributed by atoms with Crippen molar-refractivity contribution in [1.82, 2.24) is 10.2 Å². The summed E-state index contributed by atoms with van der Waals surface area (Å²) in [6.45, 7) is 0. The highest BCUT2D eigenvalue weighted by Crippen LogP contribution is 2.32. The second kappa shape index (κ2) is 5.62. The first kappa shape index (κ1) is 15.1. The maximum absolute atomic E-state index is 12.3. The second-order valence-corrected chi connectivity index (χ2v) is 5.97. The van der Waals surface area contributed by atoms with Crippen molar-refractivity contribution in [3.8, 4) is 5.75 Å². The largest absolute Gasteiger partial charge is 0.494 e. The van der Waals surface area contributed by atoms with Crippen LogP contribution in [-0.4, -0.2) is 36.8 Å². The number of nitrogens with one attached hydrogen (secondary N) is 2. The van der Waals surface area contributed by atoms with E-state index < -0.39 is 16.0 Å². The number of H-pyrrole nitrogens is 1. The van der Waals surface area contributed by atoms with E-state index in [0.29, 0.717) is 0 Å². The molecule has 0 fully saturated rings. The molecule has 0 spiro atoms. The van der Waals surface area contributed by atoms with Crippen LogP contribution in [-0.2, 0) is 10.0 Å². The van der Waals surface area contributed by atoms with Crippen LogP contribution in [0.3, 0.4) is 0 Å². The van der Waals surface area contributed by atoms with Gasteiger partial charge in [0, 0.05) is 11.2 Å². The minimum Gasteiger partial charge on any atom is -0.494 e. The monoisotopic (exact) mass is 331 g/mol. The summed E-state index contributed by atoms with van der Waals surface area (Å²) >= 11 is 5.78. The van der Waals surface area contributed by atoms with Gasteiger partial charge in [0.1, 0.15) is 10.5 Å². The van der Waals surface area contributed by atoms with Gasteiger partial charge in [0.25, 0.3) is 10.0 Å². The fraction of sp³-hybridized carbons (Fsp3) is 0.0909. The lowest BCUT2D eigenvalue weighted by Crippen LogP contribution is -2.15. The van der Waals surface area contributed by atoms with E-state index >= 15 is 0 Å². The zero-order chi connectivity index (χ0) is 15.6. The quantitative estimate of drug-likeness (QED) is 0.764. The summed E-state index contributed by atoms with van der Waals surface area (Å²) in [7, 11) is -2.91. The van der Waals surface area contributed by atoms with Crippen LogP contribution in [0.2, 0.25) is 5.02 Å². The third kappa shape index (κ3) is 3.09. The van der Waals surface area contributed by atoms with E-state index in [1.54, 1.807) is 0 Å². The van der Waals surface area contributed by atoms with Crippen molar-refractivity contribution in [1.29, 1.82) is 0 Å². The first-order valence-electron chi connectivity index (χ1n) is 5.47. The van der Waals surface area contributed by atoms with Crippen molar-refractivity contribution < 1.29 is 23.1 Å². The maximum atomic E-state index is 12.3. The fourth-order valence-electron chi connectivity index (χ4n) is 1.65. The Morgan fingerprint density at radius 1 is 1.48 bits per heavy atom. The lowest BCUT2D eigenvalue weighted by atomic mass is 10.2. The number of halogens is 1.